The number of benzene rings is 2. The standard InChI is InChI=1S/C15H12BrClN2O2S/c16-10-3-6-13(12(17)8-10)19-15(22)18-11-4-1-9(2-5-11)7-14(20)21/h1-6,8H,7H2,(H,20,21)(H2,18,19,22)/p-1. The summed E-state index contributed by atoms with van der Waals surface area (Å²) in [6, 6.07) is 12.3. The molecule has 2 N–H and O–H groups in total. The lowest BCUT2D eigenvalue weighted by atomic mass is 10.1. The van der Waals surface area contributed by atoms with E-state index in [0.29, 0.717) is 21.4 Å². The molecule has 0 spiro atoms. The van der Waals surface area contributed by atoms with Gasteiger partial charge in [0.1, 0.15) is 0 Å². The first-order valence-electron chi connectivity index (χ1n) is 6.26. The van der Waals surface area contributed by atoms with Crippen molar-refractivity contribution in [3.8, 4) is 0 Å². The molecular weight excluding hydrogens is 388 g/mol. The zero-order valence-corrected chi connectivity index (χ0v) is 14.4. The molecule has 4 nitrogen and oxygen atoms in total. The van der Waals surface area contributed by atoms with Crippen LogP contribution in [0.5, 0.6) is 0 Å². The van der Waals surface area contributed by atoms with Crippen LogP contribution in [-0.4, -0.2) is 11.1 Å². The van der Waals surface area contributed by atoms with Gasteiger partial charge in [0.05, 0.1) is 10.7 Å². The Labute approximate surface area is 146 Å². The van der Waals surface area contributed by atoms with Crippen molar-refractivity contribution in [2.75, 3.05) is 10.6 Å². The molecule has 7 heteroatoms. The van der Waals surface area contributed by atoms with Gasteiger partial charge in [-0.1, -0.05) is 39.7 Å². The lowest BCUT2D eigenvalue weighted by Crippen LogP contribution is -2.24. The summed E-state index contributed by atoms with van der Waals surface area (Å²) >= 11 is 14.7. The van der Waals surface area contributed by atoms with Gasteiger partial charge in [-0.3, -0.25) is 0 Å². The fraction of sp³-hybridized carbons (Fsp3) is 0.0667. The van der Waals surface area contributed by atoms with Crippen LogP contribution < -0.4 is 15.7 Å². The highest BCUT2D eigenvalue weighted by atomic mass is 79.9. The van der Waals surface area contributed by atoms with Crippen LogP contribution in [0, 0.1) is 0 Å². The van der Waals surface area contributed by atoms with Gasteiger partial charge in [0, 0.05) is 22.6 Å². The van der Waals surface area contributed by atoms with Crippen LogP contribution in [0.15, 0.2) is 46.9 Å². The first-order valence-corrected chi connectivity index (χ1v) is 7.84. The summed E-state index contributed by atoms with van der Waals surface area (Å²) in [5.41, 5.74) is 2.10. The summed E-state index contributed by atoms with van der Waals surface area (Å²) in [5, 5.41) is 17.4. The van der Waals surface area contributed by atoms with E-state index in [1.165, 1.54) is 0 Å². The first kappa shape index (κ1) is 16.7. The minimum absolute atomic E-state index is 0.114. The molecule has 0 aliphatic rings. The summed E-state index contributed by atoms with van der Waals surface area (Å²) < 4.78 is 0.880. The molecule has 0 unspecified atom stereocenters. The van der Waals surface area contributed by atoms with E-state index in [2.05, 4.69) is 26.6 Å². The molecule has 2 aromatic carbocycles. The summed E-state index contributed by atoms with van der Waals surface area (Å²) in [5.74, 6) is -1.11. The van der Waals surface area contributed by atoms with Crippen molar-refractivity contribution in [1.29, 1.82) is 0 Å². The molecule has 0 amide bonds. The summed E-state index contributed by atoms with van der Waals surface area (Å²) in [6.45, 7) is 0. The molecule has 114 valence electrons. The van der Waals surface area contributed by atoms with Crippen LogP contribution in [0.3, 0.4) is 0 Å². The van der Waals surface area contributed by atoms with Crippen LogP contribution in [-0.2, 0) is 11.2 Å². The molecule has 0 aliphatic carbocycles. The Bertz CT molecular complexity index is 707. The average molecular weight is 399 g/mol. The second-order valence-corrected chi connectivity index (χ2v) is 6.18. The maximum atomic E-state index is 10.5. The molecule has 2 aromatic rings. The molecule has 22 heavy (non-hydrogen) atoms. The fourth-order valence-electron chi connectivity index (χ4n) is 1.75. The highest BCUT2D eigenvalue weighted by molar-refractivity contribution is 9.10. The Morgan fingerprint density at radius 2 is 1.86 bits per heavy atom. The number of thiocarbonyl (C=S) groups is 1. The SMILES string of the molecule is O=C([O-])Cc1ccc(NC(=S)Nc2ccc(Br)cc2Cl)cc1. The van der Waals surface area contributed by atoms with E-state index in [9.17, 15) is 9.90 Å². The zero-order valence-electron chi connectivity index (χ0n) is 11.2. The van der Waals surface area contributed by atoms with Crippen molar-refractivity contribution in [3.63, 3.8) is 0 Å². The molecule has 0 aromatic heterocycles. The van der Waals surface area contributed by atoms with Crippen molar-refractivity contribution < 1.29 is 9.90 Å². The van der Waals surface area contributed by atoms with Gasteiger partial charge >= 0.3 is 0 Å². The third-order valence-corrected chi connectivity index (χ3v) is 3.75. The second kappa shape index (κ2) is 7.58. The maximum absolute atomic E-state index is 10.5. The normalized spacial score (nSPS) is 10.1. The van der Waals surface area contributed by atoms with Gasteiger partial charge in [0.25, 0.3) is 0 Å². The van der Waals surface area contributed by atoms with Crippen molar-refractivity contribution in [2.24, 2.45) is 0 Å². The predicted molar refractivity (Wildman–Crippen MR) is 94.1 cm³/mol. The third-order valence-electron chi connectivity index (χ3n) is 2.74. The predicted octanol–water partition coefficient (Wildman–Crippen LogP) is 3.20. The summed E-state index contributed by atoms with van der Waals surface area (Å²) in [4.78, 5) is 10.5. The third kappa shape index (κ3) is 4.98. The largest absolute Gasteiger partial charge is 0.550 e. The van der Waals surface area contributed by atoms with Gasteiger partial charge in [-0.25, -0.2) is 0 Å². The Kier molecular flexibility index (Phi) is 5.76. The average Bonchev–Trinajstić information content (AvgIpc) is 2.43. The van der Waals surface area contributed by atoms with E-state index in [4.69, 9.17) is 23.8 Å². The second-order valence-electron chi connectivity index (χ2n) is 4.45. The molecule has 0 aliphatic heterocycles. The van der Waals surface area contributed by atoms with E-state index >= 15 is 0 Å². The van der Waals surface area contributed by atoms with Gasteiger partial charge in [0.15, 0.2) is 5.11 Å². The topological polar surface area (TPSA) is 64.2 Å². The van der Waals surface area contributed by atoms with E-state index in [1.807, 2.05) is 12.1 Å². The Morgan fingerprint density at radius 1 is 1.18 bits per heavy atom. The monoisotopic (exact) mass is 397 g/mol. The van der Waals surface area contributed by atoms with Gasteiger partial charge < -0.3 is 20.5 Å². The van der Waals surface area contributed by atoms with Crippen molar-refractivity contribution in [2.45, 2.75) is 6.42 Å². The first-order chi connectivity index (χ1) is 10.4. The number of nitrogens with one attached hydrogen (secondary N) is 2. The van der Waals surface area contributed by atoms with Gasteiger partial charge in [-0.05, 0) is 48.1 Å². The zero-order chi connectivity index (χ0) is 16.1. The number of hydrogen-bond acceptors (Lipinski definition) is 3. The molecule has 0 radical (unpaired) electrons. The molecule has 0 bridgehead atoms. The minimum Gasteiger partial charge on any atom is -0.550 e. The smallest absolute Gasteiger partial charge is 0.175 e. The van der Waals surface area contributed by atoms with Crippen molar-refractivity contribution in [1.82, 2.24) is 0 Å². The molecule has 0 fully saturated rings. The van der Waals surface area contributed by atoms with Gasteiger partial charge in [0.2, 0.25) is 0 Å². The van der Waals surface area contributed by atoms with E-state index in [1.54, 1.807) is 30.3 Å². The number of carbonyl (C=O) groups excluding carboxylic acids is 1. The minimum atomic E-state index is -1.11. The molecule has 0 heterocycles. The van der Waals surface area contributed by atoms with E-state index in [0.717, 1.165) is 10.2 Å². The van der Waals surface area contributed by atoms with Crippen LogP contribution in [0.1, 0.15) is 5.56 Å². The summed E-state index contributed by atoms with van der Waals surface area (Å²) in [6.07, 6.45) is -0.114. The lowest BCUT2D eigenvalue weighted by Gasteiger charge is -2.12. The van der Waals surface area contributed by atoms with Crippen LogP contribution in [0.25, 0.3) is 0 Å². The van der Waals surface area contributed by atoms with E-state index < -0.39 is 5.97 Å². The molecule has 2 rings (SSSR count). The van der Waals surface area contributed by atoms with Crippen molar-refractivity contribution >= 4 is 62.2 Å². The van der Waals surface area contributed by atoms with Gasteiger partial charge in [-0.2, -0.15) is 0 Å². The molecule has 0 atom stereocenters. The van der Waals surface area contributed by atoms with Crippen LogP contribution in [0.2, 0.25) is 5.02 Å². The number of carboxylic acid groups (broad SMARTS) is 1. The lowest BCUT2D eigenvalue weighted by molar-refractivity contribution is -0.304. The Morgan fingerprint density at radius 3 is 2.45 bits per heavy atom. The molecule has 0 saturated heterocycles. The summed E-state index contributed by atoms with van der Waals surface area (Å²) in [7, 11) is 0. The van der Waals surface area contributed by atoms with Crippen molar-refractivity contribution in [3.05, 3.63) is 57.5 Å². The number of anilines is 2. The number of carboxylic acids is 1. The highest BCUT2D eigenvalue weighted by Crippen LogP contribution is 2.25. The highest BCUT2D eigenvalue weighted by Gasteiger charge is 2.04. The Hall–Kier alpha value is -1.63. The number of hydrogen-bond donors (Lipinski definition) is 2. The number of halogens is 2. The number of carbonyl (C=O) groups is 1. The fourth-order valence-corrected chi connectivity index (χ4v) is 2.70. The van der Waals surface area contributed by atoms with E-state index in [-0.39, 0.29) is 6.42 Å². The molecule has 0 saturated carbocycles. The van der Waals surface area contributed by atoms with Gasteiger partial charge in [-0.15, -0.1) is 0 Å². The Balaban J connectivity index is 1.98. The number of aliphatic carboxylic acids is 1. The van der Waals surface area contributed by atoms with Crippen LogP contribution in [0.4, 0.5) is 11.4 Å². The molecular formula is C15H11BrClN2O2S-. The van der Waals surface area contributed by atoms with Crippen LogP contribution >= 0.6 is 39.7 Å². The number of rotatable bonds is 4. The quantitative estimate of drug-likeness (QED) is 0.774. The maximum Gasteiger partial charge on any atom is 0.175 e.